The van der Waals surface area contributed by atoms with E-state index in [1.54, 1.807) is 0 Å². The predicted molar refractivity (Wildman–Crippen MR) is 158 cm³/mol. The first-order valence-electron chi connectivity index (χ1n) is 9.41. The summed E-state index contributed by atoms with van der Waals surface area (Å²) >= 11 is 30.2. The number of ether oxygens (including phenoxy) is 2. The molecule has 0 heterocycles. The molecule has 0 radical (unpaired) electrons. The summed E-state index contributed by atoms with van der Waals surface area (Å²) in [5.41, 5.74) is 1.70. The summed E-state index contributed by atoms with van der Waals surface area (Å²) in [5, 5.41) is 0. The Morgan fingerprint density at radius 2 is 0.774 bits per heavy atom. The summed E-state index contributed by atoms with van der Waals surface area (Å²) < 4.78 is 19.2. The smallest absolute Gasteiger partial charge is 0.149 e. The first-order chi connectivity index (χ1) is 14.4. The van der Waals surface area contributed by atoms with Gasteiger partial charge in [0.2, 0.25) is 0 Å². The number of benzene rings is 2. The van der Waals surface area contributed by atoms with Crippen molar-refractivity contribution in [1.82, 2.24) is 0 Å². The van der Waals surface area contributed by atoms with Crippen LogP contribution < -0.4 is 9.47 Å². The molecular formula is C21H20Br8O2. The molecule has 2 rings (SSSR count). The lowest BCUT2D eigenvalue weighted by atomic mass is 9.78. The molecule has 0 bridgehead atoms. The van der Waals surface area contributed by atoms with Crippen LogP contribution in [0.4, 0.5) is 0 Å². The highest BCUT2D eigenvalue weighted by atomic mass is 79.9. The van der Waals surface area contributed by atoms with Crippen molar-refractivity contribution in [2.75, 3.05) is 13.2 Å². The molecule has 0 atom stereocenters. The second kappa shape index (κ2) is 12.2. The Kier molecular flexibility index (Phi) is 11.5. The van der Waals surface area contributed by atoms with Gasteiger partial charge >= 0.3 is 0 Å². The van der Waals surface area contributed by atoms with Crippen LogP contribution in [0.5, 0.6) is 11.5 Å². The van der Waals surface area contributed by atoms with Crippen LogP contribution in [-0.4, -0.2) is 13.2 Å². The number of rotatable bonds is 8. The predicted octanol–water partition coefficient (Wildman–Crippen LogP) is 11.7. The van der Waals surface area contributed by atoms with Crippen LogP contribution in [0.2, 0.25) is 0 Å². The average molecular weight is 944 g/mol. The van der Waals surface area contributed by atoms with Gasteiger partial charge in [-0.05, 0) is 151 Å². The van der Waals surface area contributed by atoms with Gasteiger partial charge < -0.3 is 9.47 Å². The normalized spacial score (nSPS) is 11.7. The molecule has 0 aromatic heterocycles. The summed E-state index contributed by atoms with van der Waals surface area (Å²) in [6, 6.07) is 0. The van der Waals surface area contributed by atoms with Crippen LogP contribution in [0.25, 0.3) is 0 Å². The number of halogens is 8. The van der Waals surface area contributed by atoms with E-state index in [-0.39, 0.29) is 0 Å². The highest BCUT2D eigenvalue weighted by Crippen LogP contribution is 2.56. The molecule has 10 heteroatoms. The van der Waals surface area contributed by atoms with Gasteiger partial charge in [0.05, 0.1) is 31.1 Å². The fourth-order valence-electron chi connectivity index (χ4n) is 3.11. The van der Waals surface area contributed by atoms with Crippen molar-refractivity contribution in [2.45, 2.75) is 46.0 Å². The Bertz CT molecular complexity index is 853. The zero-order chi connectivity index (χ0) is 23.7. The molecule has 0 fully saturated rings. The minimum atomic E-state index is -0.433. The van der Waals surface area contributed by atoms with Gasteiger partial charge in [0.15, 0.2) is 0 Å². The molecule has 2 aromatic carbocycles. The van der Waals surface area contributed by atoms with Crippen molar-refractivity contribution in [1.29, 1.82) is 0 Å². The van der Waals surface area contributed by atoms with E-state index in [9.17, 15) is 0 Å². The van der Waals surface area contributed by atoms with E-state index in [1.165, 1.54) is 0 Å². The van der Waals surface area contributed by atoms with Gasteiger partial charge in [0, 0.05) is 23.3 Å². The van der Waals surface area contributed by atoms with E-state index >= 15 is 0 Å². The molecule has 31 heavy (non-hydrogen) atoms. The van der Waals surface area contributed by atoms with Crippen LogP contribution in [-0.2, 0) is 5.41 Å². The van der Waals surface area contributed by atoms with Gasteiger partial charge in [-0.25, -0.2) is 0 Å². The molecule has 2 aromatic rings. The zero-order valence-corrected chi connectivity index (χ0v) is 29.9. The van der Waals surface area contributed by atoms with E-state index in [0.717, 1.165) is 71.2 Å². The molecular weight excluding hydrogens is 923 g/mol. The Balaban J connectivity index is 2.79. The third kappa shape index (κ3) is 5.83. The average Bonchev–Trinajstić information content (AvgIpc) is 2.71. The minimum Gasteiger partial charge on any atom is -0.491 e. The molecule has 0 N–H and O–H groups in total. The van der Waals surface area contributed by atoms with E-state index in [1.807, 2.05) is 0 Å². The number of hydrogen-bond donors (Lipinski definition) is 0. The topological polar surface area (TPSA) is 18.5 Å². The first kappa shape index (κ1) is 29.1. The highest BCUT2D eigenvalue weighted by Gasteiger charge is 2.37. The summed E-state index contributed by atoms with van der Waals surface area (Å²) in [4.78, 5) is 0. The molecule has 0 spiro atoms. The molecule has 0 saturated heterocycles. The lowest BCUT2D eigenvalue weighted by molar-refractivity contribution is 0.312. The van der Waals surface area contributed by atoms with Crippen LogP contribution in [0.1, 0.15) is 51.7 Å². The van der Waals surface area contributed by atoms with Crippen LogP contribution in [0.3, 0.4) is 0 Å². The summed E-state index contributed by atoms with van der Waals surface area (Å²) in [6.45, 7) is 9.80. The Morgan fingerprint density at radius 3 is 1.00 bits per heavy atom. The van der Waals surface area contributed by atoms with Gasteiger partial charge in [-0.2, -0.15) is 0 Å². The highest BCUT2D eigenvalue weighted by molar-refractivity contribution is 9.14. The van der Waals surface area contributed by atoms with E-state index in [2.05, 4.69) is 155 Å². The molecule has 0 amide bonds. The van der Waals surface area contributed by atoms with E-state index in [4.69, 9.17) is 9.47 Å². The summed E-state index contributed by atoms with van der Waals surface area (Å²) in [5.74, 6) is 1.54. The van der Waals surface area contributed by atoms with Gasteiger partial charge in [-0.15, -0.1) is 0 Å². The molecule has 0 aliphatic rings. The second-order valence-electron chi connectivity index (χ2n) is 7.24. The van der Waals surface area contributed by atoms with Crippen molar-refractivity contribution in [2.24, 2.45) is 0 Å². The maximum Gasteiger partial charge on any atom is 0.149 e. The lowest BCUT2D eigenvalue weighted by Gasteiger charge is -2.33. The van der Waals surface area contributed by atoms with Crippen molar-refractivity contribution in [3.05, 3.63) is 46.9 Å². The van der Waals surface area contributed by atoms with Gasteiger partial charge in [-0.1, -0.05) is 27.7 Å². The third-order valence-corrected chi connectivity index (χ3v) is 12.9. The van der Waals surface area contributed by atoms with Crippen molar-refractivity contribution < 1.29 is 9.47 Å². The third-order valence-electron chi connectivity index (χ3n) is 4.60. The number of hydrogen-bond acceptors (Lipinski definition) is 2. The molecule has 172 valence electrons. The zero-order valence-electron chi connectivity index (χ0n) is 17.2. The largest absolute Gasteiger partial charge is 0.491 e. The van der Waals surface area contributed by atoms with Gasteiger partial charge in [0.25, 0.3) is 0 Å². The fraction of sp³-hybridized carbons (Fsp3) is 0.429. The first-order valence-corrected chi connectivity index (χ1v) is 15.8. The SMILES string of the molecule is CCCOc1c(Br)c(Br)c(C(C)(C)c2c(Br)c(Br)c(OCCC)c(Br)c2Br)c(Br)c1Br. The Hall–Kier alpha value is 1.88. The van der Waals surface area contributed by atoms with Crippen molar-refractivity contribution in [3.8, 4) is 11.5 Å². The van der Waals surface area contributed by atoms with Crippen LogP contribution >= 0.6 is 127 Å². The fourth-order valence-corrected chi connectivity index (χ4v) is 9.71. The summed E-state index contributed by atoms with van der Waals surface area (Å²) in [6.07, 6.45) is 1.85. The summed E-state index contributed by atoms with van der Waals surface area (Å²) in [7, 11) is 0. The van der Waals surface area contributed by atoms with Crippen LogP contribution in [0.15, 0.2) is 35.8 Å². The molecule has 0 unspecified atom stereocenters. The van der Waals surface area contributed by atoms with Crippen molar-refractivity contribution in [3.63, 3.8) is 0 Å². The lowest BCUT2D eigenvalue weighted by Crippen LogP contribution is -2.23. The quantitative estimate of drug-likeness (QED) is 0.246. The Morgan fingerprint density at radius 1 is 0.516 bits per heavy atom. The maximum absolute atomic E-state index is 5.99. The van der Waals surface area contributed by atoms with E-state index in [0.29, 0.717) is 13.2 Å². The molecule has 0 aliphatic carbocycles. The minimum absolute atomic E-state index is 0.433. The van der Waals surface area contributed by atoms with Crippen LogP contribution in [0, 0.1) is 0 Å². The van der Waals surface area contributed by atoms with E-state index < -0.39 is 5.41 Å². The molecule has 2 nitrogen and oxygen atoms in total. The molecule has 0 saturated carbocycles. The monoisotopic (exact) mass is 935 g/mol. The molecule has 0 aliphatic heterocycles. The maximum atomic E-state index is 5.99. The van der Waals surface area contributed by atoms with Crippen molar-refractivity contribution >= 4 is 127 Å². The van der Waals surface area contributed by atoms with Gasteiger partial charge in [-0.3, -0.25) is 0 Å². The van der Waals surface area contributed by atoms with Gasteiger partial charge in [0.1, 0.15) is 11.5 Å². The standard InChI is InChI=1S/C21H20Br8O2/c1-5-7-30-19-15(26)11(22)9(12(23)16(19)27)21(3,4)10-13(24)17(28)20(31-8-6-2)18(29)14(10)25/h5-8H2,1-4H3. The second-order valence-corrected chi connectivity index (χ2v) is 13.6. The Labute approximate surface area is 251 Å².